The molecule has 2 aromatic rings. The molecule has 0 aliphatic rings. The van der Waals surface area contributed by atoms with Crippen LogP contribution in [-0.2, 0) is 27.4 Å². The molecule has 0 amide bonds. The fraction of sp³-hybridized carbons (Fsp3) is 0.250. The van der Waals surface area contributed by atoms with E-state index < -0.39 is 5.97 Å². The maximum atomic E-state index is 11.7. The van der Waals surface area contributed by atoms with Crippen molar-refractivity contribution in [1.29, 1.82) is 0 Å². The Balaban J connectivity index is 1.67. The van der Waals surface area contributed by atoms with Crippen LogP contribution in [-0.4, -0.2) is 11.8 Å². The molecule has 0 fully saturated rings. The minimum absolute atomic E-state index is 0.0727. The molecular formula is C16H16O3S. The molecule has 1 heterocycles. The minimum atomic E-state index is -0.454. The smallest absolute Gasteiger partial charge is 0.313 e. The van der Waals surface area contributed by atoms with Gasteiger partial charge >= 0.3 is 5.97 Å². The van der Waals surface area contributed by atoms with Crippen LogP contribution in [0.4, 0.5) is 0 Å². The summed E-state index contributed by atoms with van der Waals surface area (Å²) in [4.78, 5) is 24.4. The Morgan fingerprint density at radius 1 is 1.05 bits per heavy atom. The van der Waals surface area contributed by atoms with Gasteiger partial charge in [-0.05, 0) is 23.4 Å². The highest BCUT2D eigenvalue weighted by molar-refractivity contribution is 7.09. The third-order valence-electron chi connectivity index (χ3n) is 2.81. The molecule has 0 N–H and O–H groups in total. The molecule has 20 heavy (non-hydrogen) atoms. The average Bonchev–Trinajstić information content (AvgIpc) is 2.97. The Morgan fingerprint density at radius 3 is 2.55 bits per heavy atom. The van der Waals surface area contributed by atoms with Crippen LogP contribution in [0, 0.1) is 0 Å². The van der Waals surface area contributed by atoms with Gasteiger partial charge in [0.05, 0.1) is 0 Å². The van der Waals surface area contributed by atoms with Crippen molar-refractivity contribution in [3.8, 4) is 0 Å². The number of rotatable bonds is 7. The van der Waals surface area contributed by atoms with E-state index in [9.17, 15) is 9.59 Å². The van der Waals surface area contributed by atoms with Gasteiger partial charge in [-0.15, -0.1) is 11.3 Å². The first kappa shape index (κ1) is 14.5. The van der Waals surface area contributed by atoms with Gasteiger partial charge in [0.15, 0.2) is 0 Å². The second-order valence-electron chi connectivity index (χ2n) is 4.44. The molecule has 0 unspecified atom stereocenters. The van der Waals surface area contributed by atoms with Gasteiger partial charge in [0.1, 0.15) is 18.8 Å². The molecule has 3 nitrogen and oxygen atoms in total. The van der Waals surface area contributed by atoms with Crippen molar-refractivity contribution in [2.24, 2.45) is 0 Å². The van der Waals surface area contributed by atoms with Crippen molar-refractivity contribution in [1.82, 2.24) is 0 Å². The number of thiophene rings is 1. The summed E-state index contributed by atoms with van der Waals surface area (Å²) >= 11 is 1.62. The molecule has 0 aliphatic carbocycles. The zero-order valence-electron chi connectivity index (χ0n) is 11.1. The highest BCUT2D eigenvalue weighted by Crippen LogP contribution is 2.11. The van der Waals surface area contributed by atoms with Gasteiger partial charge in [-0.1, -0.05) is 36.4 Å². The Bertz CT molecular complexity index is 546. The maximum Gasteiger partial charge on any atom is 0.313 e. The van der Waals surface area contributed by atoms with Crippen LogP contribution in [0.15, 0.2) is 47.8 Å². The molecule has 2 rings (SSSR count). The summed E-state index contributed by atoms with van der Waals surface area (Å²) in [5, 5.41) is 1.98. The van der Waals surface area contributed by atoms with E-state index in [1.165, 1.54) is 0 Å². The second kappa shape index (κ2) is 7.60. The number of hydrogen-bond donors (Lipinski definition) is 0. The van der Waals surface area contributed by atoms with Gasteiger partial charge in [-0.3, -0.25) is 9.59 Å². The van der Waals surface area contributed by atoms with E-state index >= 15 is 0 Å². The predicted molar refractivity (Wildman–Crippen MR) is 78.5 cm³/mol. The van der Waals surface area contributed by atoms with Crippen LogP contribution in [0.2, 0.25) is 0 Å². The van der Waals surface area contributed by atoms with Crippen LogP contribution < -0.4 is 0 Å². The largest absolute Gasteiger partial charge is 0.460 e. The molecule has 0 radical (unpaired) electrons. The molecule has 0 spiro atoms. The minimum Gasteiger partial charge on any atom is -0.460 e. The van der Waals surface area contributed by atoms with Gasteiger partial charge in [-0.25, -0.2) is 0 Å². The summed E-state index contributed by atoms with van der Waals surface area (Å²) < 4.78 is 5.08. The molecule has 0 bridgehead atoms. The number of ketones is 1. The van der Waals surface area contributed by atoms with E-state index in [2.05, 4.69) is 0 Å². The monoisotopic (exact) mass is 288 g/mol. The maximum absolute atomic E-state index is 11.7. The number of carbonyl (C=O) groups excluding carboxylic acids is 2. The SMILES string of the molecule is O=C(CCc1cccs1)CC(=O)OCc1ccccc1. The number of carbonyl (C=O) groups is 2. The summed E-state index contributed by atoms with van der Waals surface area (Å²) in [6, 6.07) is 13.4. The molecule has 104 valence electrons. The van der Waals surface area contributed by atoms with E-state index in [1.807, 2.05) is 47.8 Å². The van der Waals surface area contributed by atoms with E-state index in [0.717, 1.165) is 10.4 Å². The summed E-state index contributed by atoms with van der Waals surface area (Å²) in [7, 11) is 0. The zero-order valence-corrected chi connectivity index (χ0v) is 11.9. The average molecular weight is 288 g/mol. The molecule has 4 heteroatoms. The fourth-order valence-electron chi connectivity index (χ4n) is 1.76. The Morgan fingerprint density at radius 2 is 1.85 bits per heavy atom. The first-order valence-electron chi connectivity index (χ1n) is 6.47. The van der Waals surface area contributed by atoms with E-state index in [-0.39, 0.29) is 18.8 Å². The number of benzene rings is 1. The summed E-state index contributed by atoms with van der Waals surface area (Å²) in [5.74, 6) is -0.526. The quantitative estimate of drug-likeness (QED) is 0.579. The topological polar surface area (TPSA) is 43.4 Å². The van der Waals surface area contributed by atoms with Gasteiger partial charge < -0.3 is 4.74 Å². The highest BCUT2D eigenvalue weighted by atomic mass is 32.1. The molecule has 0 aliphatic heterocycles. The van der Waals surface area contributed by atoms with Crippen LogP contribution >= 0.6 is 11.3 Å². The van der Waals surface area contributed by atoms with Crippen molar-refractivity contribution in [2.45, 2.75) is 25.9 Å². The molecule has 0 atom stereocenters. The predicted octanol–water partition coefficient (Wildman–Crippen LogP) is 3.38. The number of esters is 1. The first-order chi connectivity index (χ1) is 9.74. The lowest BCUT2D eigenvalue weighted by atomic mass is 10.1. The van der Waals surface area contributed by atoms with Crippen LogP contribution in [0.3, 0.4) is 0 Å². The normalized spacial score (nSPS) is 10.2. The molecular weight excluding hydrogens is 272 g/mol. The third kappa shape index (κ3) is 4.97. The van der Waals surface area contributed by atoms with Crippen LogP contribution in [0.1, 0.15) is 23.3 Å². The highest BCUT2D eigenvalue weighted by Gasteiger charge is 2.11. The van der Waals surface area contributed by atoms with Crippen LogP contribution in [0.25, 0.3) is 0 Å². The van der Waals surface area contributed by atoms with Gasteiger partial charge in [0, 0.05) is 11.3 Å². The summed E-state index contributed by atoms with van der Waals surface area (Å²) in [6.45, 7) is 0.220. The lowest BCUT2D eigenvalue weighted by Gasteiger charge is -2.04. The number of ether oxygens (including phenoxy) is 1. The summed E-state index contributed by atoms with van der Waals surface area (Å²) in [6.07, 6.45) is 0.946. The van der Waals surface area contributed by atoms with Crippen molar-refractivity contribution in [3.05, 3.63) is 58.3 Å². The zero-order chi connectivity index (χ0) is 14.2. The van der Waals surface area contributed by atoms with Crippen molar-refractivity contribution in [3.63, 3.8) is 0 Å². The third-order valence-corrected chi connectivity index (χ3v) is 3.75. The second-order valence-corrected chi connectivity index (χ2v) is 5.47. The molecule has 0 saturated heterocycles. The van der Waals surface area contributed by atoms with Crippen molar-refractivity contribution >= 4 is 23.1 Å². The number of Topliss-reactive ketones (excluding diaryl/α,β-unsaturated/α-hetero) is 1. The van der Waals surface area contributed by atoms with Crippen LogP contribution in [0.5, 0.6) is 0 Å². The molecule has 1 aromatic heterocycles. The Labute approximate surface area is 122 Å². The van der Waals surface area contributed by atoms with E-state index in [1.54, 1.807) is 11.3 Å². The molecule has 0 saturated carbocycles. The standard InChI is InChI=1S/C16H16O3S/c17-14(8-9-15-7-4-10-20-15)11-16(18)19-12-13-5-2-1-3-6-13/h1-7,10H,8-9,11-12H2. The van der Waals surface area contributed by atoms with Gasteiger partial charge in [0.2, 0.25) is 0 Å². The lowest BCUT2D eigenvalue weighted by Crippen LogP contribution is -2.11. The van der Waals surface area contributed by atoms with Crippen molar-refractivity contribution in [2.75, 3.05) is 0 Å². The van der Waals surface area contributed by atoms with Crippen molar-refractivity contribution < 1.29 is 14.3 Å². The van der Waals surface area contributed by atoms with E-state index in [4.69, 9.17) is 4.74 Å². The molecule has 1 aromatic carbocycles. The van der Waals surface area contributed by atoms with Gasteiger partial charge in [-0.2, -0.15) is 0 Å². The van der Waals surface area contributed by atoms with E-state index in [0.29, 0.717) is 12.8 Å². The van der Waals surface area contributed by atoms with Gasteiger partial charge in [0.25, 0.3) is 0 Å². The first-order valence-corrected chi connectivity index (χ1v) is 7.35. The Kier molecular flexibility index (Phi) is 5.50. The number of hydrogen-bond acceptors (Lipinski definition) is 4. The summed E-state index contributed by atoms with van der Waals surface area (Å²) in [5.41, 5.74) is 0.923. The number of aryl methyl sites for hydroxylation is 1. The fourth-order valence-corrected chi connectivity index (χ4v) is 2.46. The lowest BCUT2D eigenvalue weighted by molar-refractivity contribution is -0.147. The Hall–Kier alpha value is -1.94.